The maximum Gasteiger partial charge on any atom is 0.322 e. The molecule has 0 spiro atoms. The molecule has 0 amide bonds. The fraction of sp³-hybridized carbons (Fsp3) is 0.769. The number of rotatable bonds is 7. The summed E-state index contributed by atoms with van der Waals surface area (Å²) < 4.78 is 5.12. The Morgan fingerprint density at radius 1 is 1.21 bits per heavy atom. The molecule has 2 rings (SSSR count). The van der Waals surface area contributed by atoms with Crippen LogP contribution in [0.2, 0.25) is 0 Å². The highest BCUT2D eigenvalue weighted by Gasteiger charge is 2.38. The number of hydrogen-bond donors (Lipinski definition) is 2. The summed E-state index contributed by atoms with van der Waals surface area (Å²) >= 11 is 0. The molecule has 0 aliphatic heterocycles. The predicted octanol–water partition coefficient (Wildman–Crippen LogP) is 2.30. The number of aromatic nitrogens is 3. The molecule has 6 nitrogen and oxygen atoms in total. The molecule has 1 aromatic heterocycles. The lowest BCUT2D eigenvalue weighted by atomic mass is 9.99. The quantitative estimate of drug-likeness (QED) is 0.788. The van der Waals surface area contributed by atoms with E-state index in [0.717, 1.165) is 13.0 Å². The van der Waals surface area contributed by atoms with Gasteiger partial charge in [0.05, 0.1) is 7.11 Å². The van der Waals surface area contributed by atoms with Crippen LogP contribution < -0.4 is 15.4 Å². The van der Waals surface area contributed by atoms with E-state index in [1.165, 1.54) is 12.8 Å². The fourth-order valence-corrected chi connectivity index (χ4v) is 2.01. The summed E-state index contributed by atoms with van der Waals surface area (Å²) in [6.07, 6.45) is 3.55. The highest BCUT2D eigenvalue weighted by atomic mass is 16.5. The minimum atomic E-state index is 0.00832. The molecule has 1 aliphatic rings. The van der Waals surface area contributed by atoms with Crippen molar-refractivity contribution >= 4 is 11.9 Å². The van der Waals surface area contributed by atoms with Gasteiger partial charge >= 0.3 is 6.01 Å². The van der Waals surface area contributed by atoms with Gasteiger partial charge in [0.1, 0.15) is 0 Å². The van der Waals surface area contributed by atoms with Gasteiger partial charge < -0.3 is 15.4 Å². The second-order valence-corrected chi connectivity index (χ2v) is 5.52. The average molecular weight is 265 g/mol. The van der Waals surface area contributed by atoms with Crippen LogP contribution in [0.1, 0.15) is 40.0 Å². The van der Waals surface area contributed by atoms with Crippen LogP contribution in [0.15, 0.2) is 0 Å². The number of anilines is 2. The molecule has 0 saturated heterocycles. The van der Waals surface area contributed by atoms with Crippen LogP contribution in [0.4, 0.5) is 11.9 Å². The van der Waals surface area contributed by atoms with Gasteiger partial charge in [-0.3, -0.25) is 0 Å². The van der Waals surface area contributed by atoms with Gasteiger partial charge in [0.25, 0.3) is 0 Å². The maximum atomic E-state index is 5.12. The van der Waals surface area contributed by atoms with Gasteiger partial charge in [0.15, 0.2) is 0 Å². The molecule has 1 saturated carbocycles. The first kappa shape index (κ1) is 13.8. The van der Waals surface area contributed by atoms with Crippen LogP contribution in [-0.4, -0.2) is 34.1 Å². The van der Waals surface area contributed by atoms with Gasteiger partial charge in [-0.25, -0.2) is 0 Å². The standard InChI is InChI=1S/C13H23N5O/c1-5-8-14-10-15-11(17-12(16-10)19-4)18-13(2,3)9-6-7-9/h9H,5-8H2,1-4H3,(H2,14,15,16,17,18). The zero-order valence-electron chi connectivity index (χ0n) is 12.2. The second-order valence-electron chi connectivity index (χ2n) is 5.52. The molecule has 0 unspecified atom stereocenters. The zero-order chi connectivity index (χ0) is 13.9. The molecule has 1 heterocycles. The van der Waals surface area contributed by atoms with Crippen molar-refractivity contribution in [3.63, 3.8) is 0 Å². The minimum absolute atomic E-state index is 0.00832. The van der Waals surface area contributed by atoms with Crippen LogP contribution in [0.5, 0.6) is 6.01 Å². The Hall–Kier alpha value is -1.59. The van der Waals surface area contributed by atoms with E-state index in [1.807, 2.05) is 0 Å². The van der Waals surface area contributed by atoms with Crippen molar-refractivity contribution in [1.29, 1.82) is 0 Å². The topological polar surface area (TPSA) is 72.0 Å². The molecule has 6 heteroatoms. The van der Waals surface area contributed by atoms with Gasteiger partial charge in [-0.1, -0.05) is 6.92 Å². The number of ether oxygens (including phenoxy) is 1. The first-order chi connectivity index (χ1) is 9.05. The lowest BCUT2D eigenvalue weighted by molar-refractivity contribution is 0.378. The summed E-state index contributed by atoms with van der Waals surface area (Å²) in [6.45, 7) is 7.29. The predicted molar refractivity (Wildman–Crippen MR) is 75.6 cm³/mol. The van der Waals surface area contributed by atoms with Gasteiger partial charge in [0.2, 0.25) is 11.9 Å². The number of nitrogens with zero attached hydrogens (tertiary/aromatic N) is 3. The van der Waals surface area contributed by atoms with Crippen molar-refractivity contribution in [2.45, 2.75) is 45.6 Å². The maximum absolute atomic E-state index is 5.12. The van der Waals surface area contributed by atoms with Gasteiger partial charge in [-0.05, 0) is 39.0 Å². The molecule has 0 bridgehead atoms. The van der Waals surface area contributed by atoms with E-state index >= 15 is 0 Å². The van der Waals surface area contributed by atoms with Crippen LogP contribution in [0.25, 0.3) is 0 Å². The summed E-state index contributed by atoms with van der Waals surface area (Å²) in [5.41, 5.74) is 0.00832. The third-order valence-corrected chi connectivity index (χ3v) is 3.36. The fourth-order valence-electron chi connectivity index (χ4n) is 2.01. The Labute approximate surface area is 114 Å². The molecule has 1 fully saturated rings. The summed E-state index contributed by atoms with van der Waals surface area (Å²) in [5.74, 6) is 1.83. The molecule has 2 N–H and O–H groups in total. The number of nitrogens with one attached hydrogen (secondary N) is 2. The van der Waals surface area contributed by atoms with E-state index in [1.54, 1.807) is 7.11 Å². The average Bonchev–Trinajstić information content (AvgIpc) is 3.20. The van der Waals surface area contributed by atoms with E-state index < -0.39 is 0 Å². The first-order valence-electron chi connectivity index (χ1n) is 6.87. The Kier molecular flexibility index (Phi) is 4.07. The highest BCUT2D eigenvalue weighted by molar-refractivity contribution is 5.38. The smallest absolute Gasteiger partial charge is 0.322 e. The van der Waals surface area contributed by atoms with Crippen LogP contribution in [0.3, 0.4) is 0 Å². The van der Waals surface area contributed by atoms with E-state index in [0.29, 0.717) is 23.8 Å². The summed E-state index contributed by atoms with van der Waals surface area (Å²) in [6, 6.07) is 0.336. The van der Waals surface area contributed by atoms with Crippen molar-refractivity contribution in [3.8, 4) is 6.01 Å². The van der Waals surface area contributed by atoms with E-state index in [2.05, 4.69) is 46.4 Å². The lowest BCUT2D eigenvalue weighted by Gasteiger charge is -2.26. The van der Waals surface area contributed by atoms with Crippen molar-refractivity contribution in [1.82, 2.24) is 15.0 Å². The van der Waals surface area contributed by atoms with E-state index in [-0.39, 0.29) is 5.54 Å². The van der Waals surface area contributed by atoms with Gasteiger partial charge in [0, 0.05) is 12.1 Å². The molecule has 106 valence electrons. The Morgan fingerprint density at radius 3 is 2.47 bits per heavy atom. The van der Waals surface area contributed by atoms with Crippen molar-refractivity contribution in [2.75, 3.05) is 24.3 Å². The summed E-state index contributed by atoms with van der Waals surface area (Å²) in [4.78, 5) is 12.8. The normalized spacial score (nSPS) is 15.2. The van der Waals surface area contributed by atoms with Crippen LogP contribution >= 0.6 is 0 Å². The summed E-state index contributed by atoms with van der Waals surface area (Å²) in [7, 11) is 1.56. The van der Waals surface area contributed by atoms with E-state index in [4.69, 9.17) is 4.74 Å². The Morgan fingerprint density at radius 2 is 1.89 bits per heavy atom. The third-order valence-electron chi connectivity index (χ3n) is 3.36. The lowest BCUT2D eigenvalue weighted by Crippen LogP contribution is -2.34. The largest absolute Gasteiger partial charge is 0.467 e. The Balaban J connectivity index is 2.13. The minimum Gasteiger partial charge on any atom is -0.467 e. The molecule has 19 heavy (non-hydrogen) atoms. The second kappa shape index (κ2) is 5.59. The third kappa shape index (κ3) is 3.68. The SMILES string of the molecule is CCCNc1nc(NC(C)(C)C2CC2)nc(OC)n1. The molecule has 0 radical (unpaired) electrons. The highest BCUT2D eigenvalue weighted by Crippen LogP contribution is 2.40. The molecular weight excluding hydrogens is 242 g/mol. The Bertz CT molecular complexity index is 431. The van der Waals surface area contributed by atoms with Crippen LogP contribution in [-0.2, 0) is 0 Å². The van der Waals surface area contributed by atoms with Gasteiger partial charge in [-0.15, -0.1) is 0 Å². The van der Waals surface area contributed by atoms with Crippen molar-refractivity contribution in [3.05, 3.63) is 0 Å². The van der Waals surface area contributed by atoms with Crippen LogP contribution in [0, 0.1) is 5.92 Å². The molecule has 0 aromatic carbocycles. The van der Waals surface area contributed by atoms with Crippen molar-refractivity contribution < 1.29 is 4.74 Å². The molecular formula is C13H23N5O. The number of hydrogen-bond acceptors (Lipinski definition) is 6. The zero-order valence-corrected chi connectivity index (χ0v) is 12.2. The first-order valence-corrected chi connectivity index (χ1v) is 6.87. The molecule has 1 aliphatic carbocycles. The summed E-state index contributed by atoms with van der Waals surface area (Å²) in [5, 5.41) is 6.55. The molecule has 0 atom stereocenters. The van der Waals surface area contributed by atoms with Crippen molar-refractivity contribution in [2.24, 2.45) is 5.92 Å². The monoisotopic (exact) mass is 265 g/mol. The van der Waals surface area contributed by atoms with Gasteiger partial charge in [-0.2, -0.15) is 15.0 Å². The van der Waals surface area contributed by atoms with E-state index in [9.17, 15) is 0 Å². The molecule has 1 aromatic rings. The number of methoxy groups -OCH3 is 1.